The second-order valence-corrected chi connectivity index (χ2v) is 6.56. The number of hydrogen-bond acceptors (Lipinski definition) is 4. The van der Waals surface area contributed by atoms with Gasteiger partial charge in [0.2, 0.25) is 5.91 Å². The number of H-pyrrole nitrogens is 1. The van der Waals surface area contributed by atoms with E-state index in [1.54, 1.807) is 14.0 Å². The van der Waals surface area contributed by atoms with Crippen LogP contribution in [0.25, 0.3) is 0 Å². The van der Waals surface area contributed by atoms with Crippen molar-refractivity contribution in [2.24, 2.45) is 5.92 Å². The van der Waals surface area contributed by atoms with Crippen LogP contribution in [0, 0.1) is 12.8 Å². The molecule has 2 N–H and O–H groups in total. The van der Waals surface area contributed by atoms with Gasteiger partial charge in [0, 0.05) is 20.1 Å². The summed E-state index contributed by atoms with van der Waals surface area (Å²) in [5, 5.41) is 2.66. The van der Waals surface area contributed by atoms with E-state index in [1.165, 1.54) is 10.5 Å². The Balaban J connectivity index is 2.19. The molecule has 1 aromatic rings. The highest BCUT2D eigenvalue weighted by molar-refractivity contribution is 7.89. The number of piperidine rings is 1. The molecule has 1 aromatic heterocycles. The molecule has 1 aliphatic heterocycles. The van der Waals surface area contributed by atoms with Crippen molar-refractivity contribution in [3.8, 4) is 0 Å². The molecule has 0 spiro atoms. The molecule has 2 heterocycles. The Bertz CT molecular complexity index is 566. The predicted molar refractivity (Wildman–Crippen MR) is 68.9 cm³/mol. The smallest absolute Gasteiger partial charge is 0.260 e. The first kappa shape index (κ1) is 14.0. The topological polar surface area (TPSA) is 95.2 Å². The number of imidazole rings is 1. The van der Waals surface area contributed by atoms with Gasteiger partial charge in [-0.1, -0.05) is 0 Å². The van der Waals surface area contributed by atoms with Crippen LogP contribution in [0.3, 0.4) is 0 Å². The normalized spacial score (nSPS) is 21.3. The fraction of sp³-hybridized carbons (Fsp3) is 0.636. The van der Waals surface area contributed by atoms with E-state index in [0.717, 1.165) is 0 Å². The first-order valence-corrected chi connectivity index (χ1v) is 7.62. The highest BCUT2D eigenvalue weighted by atomic mass is 32.2. The molecule has 0 aromatic carbocycles. The minimum absolute atomic E-state index is 0.0857. The van der Waals surface area contributed by atoms with Gasteiger partial charge >= 0.3 is 0 Å². The van der Waals surface area contributed by atoms with E-state index in [9.17, 15) is 13.2 Å². The number of rotatable bonds is 3. The monoisotopic (exact) mass is 286 g/mol. The molecule has 1 amide bonds. The predicted octanol–water partition coefficient (Wildman–Crippen LogP) is -0.135. The second-order valence-electron chi connectivity index (χ2n) is 4.65. The Hall–Kier alpha value is -1.41. The van der Waals surface area contributed by atoms with Crippen molar-refractivity contribution in [2.75, 3.05) is 20.1 Å². The number of amides is 1. The highest BCUT2D eigenvalue weighted by Crippen LogP contribution is 2.22. The minimum Gasteiger partial charge on any atom is -0.359 e. The Morgan fingerprint density at radius 3 is 2.89 bits per heavy atom. The van der Waals surface area contributed by atoms with Crippen molar-refractivity contribution in [2.45, 2.75) is 24.8 Å². The molecular formula is C11H18N4O3S. The molecular weight excluding hydrogens is 268 g/mol. The number of nitrogens with one attached hydrogen (secondary N) is 2. The Morgan fingerprint density at radius 1 is 1.58 bits per heavy atom. The van der Waals surface area contributed by atoms with Crippen LogP contribution in [0.4, 0.5) is 0 Å². The number of carbonyl (C=O) groups excluding carboxylic acids is 1. The van der Waals surface area contributed by atoms with Crippen molar-refractivity contribution in [1.29, 1.82) is 0 Å². The first-order chi connectivity index (χ1) is 8.95. The van der Waals surface area contributed by atoms with Gasteiger partial charge in [-0.25, -0.2) is 13.4 Å². The third kappa shape index (κ3) is 2.79. The number of aryl methyl sites for hydroxylation is 1. The van der Waals surface area contributed by atoms with Crippen LogP contribution in [0.15, 0.2) is 11.2 Å². The average Bonchev–Trinajstić information content (AvgIpc) is 2.85. The summed E-state index contributed by atoms with van der Waals surface area (Å²) in [5.41, 5.74) is 0. The summed E-state index contributed by atoms with van der Waals surface area (Å²) in [5.74, 6) is 0.164. The summed E-state index contributed by atoms with van der Waals surface area (Å²) >= 11 is 0. The second kappa shape index (κ2) is 5.30. The maximum Gasteiger partial charge on any atom is 0.260 e. The van der Waals surface area contributed by atoms with E-state index in [1.807, 2.05) is 0 Å². The Kier molecular flexibility index (Phi) is 3.91. The van der Waals surface area contributed by atoms with Crippen LogP contribution >= 0.6 is 0 Å². The summed E-state index contributed by atoms with van der Waals surface area (Å²) in [6.07, 6.45) is 2.71. The molecule has 7 nitrogen and oxygen atoms in total. The van der Waals surface area contributed by atoms with Gasteiger partial charge in [-0.3, -0.25) is 4.79 Å². The fourth-order valence-corrected chi connectivity index (χ4v) is 3.73. The molecule has 1 fully saturated rings. The molecule has 2 rings (SSSR count). The molecule has 1 saturated heterocycles. The zero-order valence-electron chi connectivity index (χ0n) is 11.0. The van der Waals surface area contributed by atoms with Crippen molar-refractivity contribution >= 4 is 15.9 Å². The van der Waals surface area contributed by atoms with Gasteiger partial charge in [0.15, 0.2) is 5.03 Å². The number of nitrogens with zero attached hydrogens (tertiary/aromatic N) is 2. The van der Waals surface area contributed by atoms with Crippen molar-refractivity contribution in [3.63, 3.8) is 0 Å². The van der Waals surface area contributed by atoms with Gasteiger partial charge in [-0.2, -0.15) is 4.31 Å². The Labute approximate surface area is 112 Å². The molecule has 0 bridgehead atoms. The molecule has 8 heteroatoms. The maximum absolute atomic E-state index is 12.4. The lowest BCUT2D eigenvalue weighted by atomic mass is 9.99. The summed E-state index contributed by atoms with van der Waals surface area (Å²) < 4.78 is 26.1. The quantitative estimate of drug-likeness (QED) is 0.809. The van der Waals surface area contributed by atoms with Crippen LogP contribution in [-0.2, 0) is 14.8 Å². The van der Waals surface area contributed by atoms with Gasteiger partial charge < -0.3 is 10.3 Å². The third-order valence-corrected chi connectivity index (χ3v) is 5.07. The zero-order valence-corrected chi connectivity index (χ0v) is 11.8. The van der Waals surface area contributed by atoms with Gasteiger partial charge in [0.05, 0.1) is 12.1 Å². The lowest BCUT2D eigenvalue weighted by Crippen LogP contribution is -2.44. The van der Waals surface area contributed by atoms with E-state index in [4.69, 9.17) is 0 Å². The van der Waals surface area contributed by atoms with Crippen LogP contribution in [0.2, 0.25) is 0 Å². The Morgan fingerprint density at radius 2 is 2.32 bits per heavy atom. The molecule has 1 atom stereocenters. The van der Waals surface area contributed by atoms with E-state index in [0.29, 0.717) is 25.2 Å². The SMILES string of the molecule is CNC(=O)C1CCCN(S(=O)(=O)c2cnc(C)[nH]2)C1. The number of aromatic amines is 1. The van der Waals surface area contributed by atoms with E-state index >= 15 is 0 Å². The van der Waals surface area contributed by atoms with E-state index in [2.05, 4.69) is 15.3 Å². The summed E-state index contributed by atoms with van der Waals surface area (Å²) in [7, 11) is -2.02. The summed E-state index contributed by atoms with van der Waals surface area (Å²) in [4.78, 5) is 18.3. The first-order valence-electron chi connectivity index (χ1n) is 6.18. The lowest BCUT2D eigenvalue weighted by molar-refractivity contribution is -0.125. The maximum atomic E-state index is 12.4. The molecule has 0 saturated carbocycles. The highest BCUT2D eigenvalue weighted by Gasteiger charge is 2.33. The number of sulfonamides is 1. The van der Waals surface area contributed by atoms with Crippen molar-refractivity contribution < 1.29 is 13.2 Å². The molecule has 1 unspecified atom stereocenters. The van der Waals surface area contributed by atoms with Crippen LogP contribution in [0.5, 0.6) is 0 Å². The van der Waals surface area contributed by atoms with E-state index < -0.39 is 10.0 Å². The van der Waals surface area contributed by atoms with E-state index in [-0.39, 0.29) is 23.4 Å². The molecule has 0 aliphatic carbocycles. The van der Waals surface area contributed by atoms with Crippen LogP contribution in [-0.4, -0.2) is 48.7 Å². The summed E-state index contributed by atoms with van der Waals surface area (Å²) in [6.45, 7) is 2.36. The fourth-order valence-electron chi connectivity index (χ4n) is 2.25. The van der Waals surface area contributed by atoms with Crippen molar-refractivity contribution in [3.05, 3.63) is 12.0 Å². The van der Waals surface area contributed by atoms with Gasteiger partial charge in [0.1, 0.15) is 5.82 Å². The zero-order chi connectivity index (χ0) is 14.0. The van der Waals surface area contributed by atoms with Crippen LogP contribution in [0.1, 0.15) is 18.7 Å². The molecule has 0 radical (unpaired) electrons. The average molecular weight is 286 g/mol. The molecule has 106 valence electrons. The van der Waals surface area contributed by atoms with Crippen LogP contribution < -0.4 is 5.32 Å². The number of hydrogen-bond donors (Lipinski definition) is 2. The largest absolute Gasteiger partial charge is 0.359 e. The van der Waals surface area contributed by atoms with Gasteiger partial charge in [-0.05, 0) is 19.8 Å². The number of carbonyl (C=O) groups is 1. The molecule has 1 aliphatic rings. The number of aromatic nitrogens is 2. The van der Waals surface area contributed by atoms with Gasteiger partial charge in [-0.15, -0.1) is 0 Å². The molecule has 19 heavy (non-hydrogen) atoms. The standard InChI is InChI=1S/C11H18N4O3S/c1-8-13-6-10(14-8)19(17,18)15-5-3-4-9(7-15)11(16)12-2/h6,9H,3-5,7H2,1-2H3,(H,12,16)(H,13,14). The summed E-state index contributed by atoms with van der Waals surface area (Å²) in [6, 6.07) is 0. The van der Waals surface area contributed by atoms with Crippen molar-refractivity contribution in [1.82, 2.24) is 19.6 Å². The van der Waals surface area contributed by atoms with Gasteiger partial charge in [0.25, 0.3) is 10.0 Å². The minimum atomic E-state index is -3.58. The lowest BCUT2D eigenvalue weighted by Gasteiger charge is -2.30. The third-order valence-electron chi connectivity index (χ3n) is 3.30.